The Labute approximate surface area is 160 Å². The molecule has 138 valence electrons. The van der Waals surface area contributed by atoms with Crippen LogP contribution in [0, 0.1) is 10.1 Å². The number of hydrogen-bond acceptors (Lipinski definition) is 7. The first-order chi connectivity index (χ1) is 13.7. The molecular formula is C20H16N6O2. The maximum Gasteiger partial charge on any atom is 0.353 e. The molecule has 8 nitrogen and oxygen atoms in total. The monoisotopic (exact) mass is 372 g/mol. The molecule has 8 heteroatoms. The summed E-state index contributed by atoms with van der Waals surface area (Å²) in [6.45, 7) is 0.361. The van der Waals surface area contributed by atoms with Gasteiger partial charge in [0.1, 0.15) is 6.33 Å². The number of pyridine rings is 1. The minimum absolute atomic E-state index is 0.130. The lowest BCUT2D eigenvalue weighted by molar-refractivity contribution is -0.383. The van der Waals surface area contributed by atoms with E-state index in [1.54, 1.807) is 18.5 Å². The van der Waals surface area contributed by atoms with Gasteiger partial charge in [-0.05, 0) is 23.1 Å². The summed E-state index contributed by atoms with van der Waals surface area (Å²) in [5.74, 6) is 0.275. The zero-order valence-corrected chi connectivity index (χ0v) is 14.7. The summed E-state index contributed by atoms with van der Waals surface area (Å²) in [6.07, 6.45) is 4.66. The van der Waals surface area contributed by atoms with E-state index in [-0.39, 0.29) is 17.3 Å². The lowest BCUT2D eigenvalue weighted by Crippen LogP contribution is -2.08. The third-order valence-corrected chi connectivity index (χ3v) is 4.23. The van der Waals surface area contributed by atoms with Crippen molar-refractivity contribution < 1.29 is 4.92 Å². The van der Waals surface area contributed by atoms with Crippen LogP contribution in [0.2, 0.25) is 0 Å². The van der Waals surface area contributed by atoms with Gasteiger partial charge in [0.2, 0.25) is 11.6 Å². The summed E-state index contributed by atoms with van der Waals surface area (Å²) in [5.41, 5.74) is 1.41. The number of rotatable bonds is 6. The average Bonchev–Trinajstić information content (AvgIpc) is 2.73. The molecule has 0 aliphatic rings. The Morgan fingerprint density at radius 1 is 0.964 bits per heavy atom. The number of aromatic nitrogens is 3. The highest BCUT2D eigenvalue weighted by Crippen LogP contribution is 2.33. The normalized spacial score (nSPS) is 10.6. The molecule has 0 unspecified atom stereocenters. The minimum Gasteiger partial charge on any atom is -0.360 e. The van der Waals surface area contributed by atoms with Gasteiger partial charge in [-0.1, -0.05) is 42.5 Å². The summed E-state index contributed by atoms with van der Waals surface area (Å²) < 4.78 is 0. The quantitative estimate of drug-likeness (QED) is 0.384. The Morgan fingerprint density at radius 3 is 2.61 bits per heavy atom. The molecule has 0 saturated heterocycles. The van der Waals surface area contributed by atoms with Crippen molar-refractivity contribution in [3.63, 3.8) is 0 Å². The topological polar surface area (TPSA) is 106 Å². The van der Waals surface area contributed by atoms with E-state index in [2.05, 4.69) is 25.6 Å². The van der Waals surface area contributed by atoms with Crippen LogP contribution in [-0.4, -0.2) is 19.9 Å². The van der Waals surface area contributed by atoms with Crippen LogP contribution >= 0.6 is 0 Å². The van der Waals surface area contributed by atoms with Crippen molar-refractivity contribution >= 4 is 33.8 Å². The Balaban J connectivity index is 1.68. The second kappa shape index (κ2) is 7.67. The minimum atomic E-state index is -0.487. The SMILES string of the molecule is O=[N+]([O-])c1c(NCc2cccnc2)ncnc1Nc1cccc2ccccc12. The standard InChI is InChI=1S/C20H16N6O2/c27-26(28)18-19(22-12-14-5-4-10-21-11-14)23-13-24-20(18)25-17-9-3-7-15-6-1-2-8-16(15)17/h1-11,13H,12H2,(H2,22,23,24,25). The van der Waals surface area contributed by atoms with Gasteiger partial charge >= 0.3 is 5.69 Å². The summed E-state index contributed by atoms with van der Waals surface area (Å²) in [5, 5.41) is 19.8. The van der Waals surface area contributed by atoms with Gasteiger partial charge in [0.15, 0.2) is 0 Å². The van der Waals surface area contributed by atoms with Gasteiger partial charge < -0.3 is 10.6 Å². The van der Waals surface area contributed by atoms with Gasteiger partial charge in [0.05, 0.1) is 4.92 Å². The Kier molecular flexibility index (Phi) is 4.75. The van der Waals surface area contributed by atoms with Crippen LogP contribution in [-0.2, 0) is 6.54 Å². The van der Waals surface area contributed by atoms with Crippen LogP contribution in [0.25, 0.3) is 10.8 Å². The zero-order valence-electron chi connectivity index (χ0n) is 14.7. The van der Waals surface area contributed by atoms with Gasteiger partial charge in [0, 0.05) is 30.0 Å². The highest BCUT2D eigenvalue weighted by atomic mass is 16.6. The molecule has 28 heavy (non-hydrogen) atoms. The van der Waals surface area contributed by atoms with E-state index in [0.29, 0.717) is 6.54 Å². The smallest absolute Gasteiger partial charge is 0.353 e. The van der Waals surface area contributed by atoms with E-state index < -0.39 is 4.92 Å². The molecule has 0 radical (unpaired) electrons. The lowest BCUT2D eigenvalue weighted by atomic mass is 10.1. The van der Waals surface area contributed by atoms with Crippen LogP contribution in [0.15, 0.2) is 73.3 Å². The van der Waals surface area contributed by atoms with Crippen molar-refractivity contribution in [1.82, 2.24) is 15.0 Å². The van der Waals surface area contributed by atoms with E-state index in [9.17, 15) is 10.1 Å². The third kappa shape index (κ3) is 3.56. The number of benzene rings is 2. The van der Waals surface area contributed by atoms with E-state index in [0.717, 1.165) is 22.0 Å². The number of anilines is 3. The predicted molar refractivity (Wildman–Crippen MR) is 107 cm³/mol. The Morgan fingerprint density at radius 2 is 1.79 bits per heavy atom. The highest BCUT2D eigenvalue weighted by molar-refractivity contribution is 5.96. The molecule has 0 aliphatic carbocycles. The molecule has 2 aromatic heterocycles. The van der Waals surface area contributed by atoms with Gasteiger partial charge in [-0.25, -0.2) is 9.97 Å². The Hall–Kier alpha value is -4.07. The molecule has 4 rings (SSSR count). The van der Waals surface area contributed by atoms with Gasteiger partial charge in [-0.3, -0.25) is 15.1 Å². The average molecular weight is 372 g/mol. The molecule has 0 aliphatic heterocycles. The predicted octanol–water partition coefficient (Wildman–Crippen LogP) is 4.29. The second-order valence-corrected chi connectivity index (χ2v) is 6.04. The highest BCUT2D eigenvalue weighted by Gasteiger charge is 2.23. The van der Waals surface area contributed by atoms with Gasteiger partial charge in [-0.2, -0.15) is 0 Å². The lowest BCUT2D eigenvalue weighted by Gasteiger charge is -2.11. The second-order valence-electron chi connectivity index (χ2n) is 6.04. The Bertz CT molecular complexity index is 1130. The van der Waals surface area contributed by atoms with Gasteiger partial charge in [0.25, 0.3) is 0 Å². The molecule has 0 saturated carbocycles. The van der Waals surface area contributed by atoms with Crippen molar-refractivity contribution in [2.45, 2.75) is 6.54 Å². The van der Waals surface area contributed by atoms with Crippen molar-refractivity contribution in [1.29, 1.82) is 0 Å². The molecule has 0 amide bonds. The molecule has 0 fully saturated rings. The van der Waals surface area contributed by atoms with Crippen LogP contribution in [0.3, 0.4) is 0 Å². The van der Waals surface area contributed by atoms with E-state index in [1.165, 1.54) is 6.33 Å². The van der Waals surface area contributed by atoms with Crippen LogP contribution < -0.4 is 10.6 Å². The number of nitro groups is 1. The molecule has 2 aromatic carbocycles. The van der Waals surface area contributed by atoms with E-state index in [4.69, 9.17) is 0 Å². The van der Waals surface area contributed by atoms with Crippen LogP contribution in [0.1, 0.15) is 5.56 Å². The van der Waals surface area contributed by atoms with Crippen molar-refractivity contribution in [2.75, 3.05) is 10.6 Å². The van der Waals surface area contributed by atoms with Crippen LogP contribution in [0.5, 0.6) is 0 Å². The molecule has 2 N–H and O–H groups in total. The molecule has 2 heterocycles. The molecule has 0 bridgehead atoms. The summed E-state index contributed by atoms with van der Waals surface area (Å²) in [4.78, 5) is 23.4. The maximum absolute atomic E-state index is 11.7. The maximum atomic E-state index is 11.7. The molecule has 0 atom stereocenters. The first-order valence-electron chi connectivity index (χ1n) is 8.59. The number of nitrogens with one attached hydrogen (secondary N) is 2. The first kappa shape index (κ1) is 17.3. The van der Waals surface area contributed by atoms with E-state index in [1.807, 2.05) is 48.5 Å². The fourth-order valence-electron chi connectivity index (χ4n) is 2.92. The van der Waals surface area contributed by atoms with Crippen molar-refractivity contribution in [3.05, 3.63) is 89.0 Å². The summed E-state index contributed by atoms with van der Waals surface area (Å²) in [6, 6.07) is 17.2. The van der Waals surface area contributed by atoms with Crippen molar-refractivity contribution in [2.24, 2.45) is 0 Å². The van der Waals surface area contributed by atoms with Crippen molar-refractivity contribution in [3.8, 4) is 0 Å². The molecule has 0 spiro atoms. The van der Waals surface area contributed by atoms with E-state index >= 15 is 0 Å². The number of hydrogen-bond donors (Lipinski definition) is 2. The van der Waals surface area contributed by atoms with Crippen LogP contribution in [0.4, 0.5) is 23.0 Å². The largest absolute Gasteiger partial charge is 0.360 e. The number of fused-ring (bicyclic) bond motifs is 1. The fraction of sp³-hybridized carbons (Fsp3) is 0.0500. The first-order valence-corrected chi connectivity index (χ1v) is 8.59. The summed E-state index contributed by atoms with van der Waals surface area (Å²) >= 11 is 0. The third-order valence-electron chi connectivity index (χ3n) is 4.23. The molecule has 4 aromatic rings. The molecular weight excluding hydrogens is 356 g/mol. The number of nitrogens with zero attached hydrogens (tertiary/aromatic N) is 4. The van der Waals surface area contributed by atoms with Gasteiger partial charge in [-0.15, -0.1) is 0 Å². The summed E-state index contributed by atoms with van der Waals surface area (Å²) in [7, 11) is 0. The fourth-order valence-corrected chi connectivity index (χ4v) is 2.92. The zero-order chi connectivity index (χ0) is 19.3.